The second-order valence-corrected chi connectivity index (χ2v) is 14.4. The number of benzene rings is 2. The van der Waals surface area contributed by atoms with Crippen molar-refractivity contribution >= 4 is 41.1 Å². The van der Waals surface area contributed by atoms with E-state index in [4.69, 9.17) is 20.8 Å². The first kappa shape index (κ1) is 32.4. The van der Waals surface area contributed by atoms with E-state index in [0.717, 1.165) is 16.7 Å². The van der Waals surface area contributed by atoms with Crippen molar-refractivity contribution in [2.24, 2.45) is 0 Å². The van der Waals surface area contributed by atoms with Crippen LogP contribution in [0.3, 0.4) is 0 Å². The largest absolute Gasteiger partial charge is 0.444 e. The van der Waals surface area contributed by atoms with Crippen LogP contribution in [0.5, 0.6) is 0 Å². The predicted octanol–water partition coefficient (Wildman–Crippen LogP) is 7.34. The quantitative estimate of drug-likeness (QED) is 0.231. The summed E-state index contributed by atoms with van der Waals surface area (Å²) in [7, 11) is 0. The molecule has 1 aliphatic heterocycles. The molecule has 1 atom stereocenters. The first-order chi connectivity index (χ1) is 21.2. The van der Waals surface area contributed by atoms with Gasteiger partial charge in [0.25, 0.3) is 11.8 Å². The summed E-state index contributed by atoms with van der Waals surface area (Å²) in [5.41, 5.74) is 2.09. The number of ether oxygens (including phenoxy) is 1. The van der Waals surface area contributed by atoms with Crippen molar-refractivity contribution in [1.82, 2.24) is 20.5 Å². The number of rotatable bonds is 6. The van der Waals surface area contributed by atoms with Crippen LogP contribution in [0.2, 0.25) is 5.02 Å². The van der Waals surface area contributed by atoms with E-state index in [2.05, 4.69) is 20.5 Å². The molecule has 3 heterocycles. The van der Waals surface area contributed by atoms with E-state index in [1.807, 2.05) is 51.1 Å². The minimum Gasteiger partial charge on any atom is -0.444 e. The maximum absolute atomic E-state index is 15.6. The molecule has 0 saturated heterocycles. The van der Waals surface area contributed by atoms with Gasteiger partial charge in [0.2, 0.25) is 5.89 Å². The van der Waals surface area contributed by atoms with E-state index in [1.165, 1.54) is 22.7 Å². The van der Waals surface area contributed by atoms with Crippen LogP contribution >= 0.6 is 23.4 Å². The Kier molecular flexibility index (Phi) is 9.23. The number of carbonyl (C=O) groups excluding carboxylic acids is 2. The molecular formula is C33H35ClFN5O4S. The summed E-state index contributed by atoms with van der Waals surface area (Å²) in [5.74, 6) is -0.405. The van der Waals surface area contributed by atoms with Crippen molar-refractivity contribution in [2.75, 3.05) is 10.7 Å². The molecule has 0 unspecified atom stereocenters. The molecule has 12 heteroatoms. The molecule has 2 aromatic heterocycles. The number of carbonyl (C=O) groups is 2. The number of fused-ring (bicyclic) bond motifs is 1. The molecular weight excluding hydrogens is 617 g/mol. The van der Waals surface area contributed by atoms with Gasteiger partial charge in [-0.25, -0.2) is 9.18 Å². The molecule has 2 aromatic carbocycles. The normalized spacial score (nSPS) is 15.4. The Bertz CT molecular complexity index is 1720. The monoisotopic (exact) mass is 651 g/mol. The van der Waals surface area contributed by atoms with Crippen LogP contribution in [0.25, 0.3) is 11.5 Å². The van der Waals surface area contributed by atoms with E-state index in [-0.39, 0.29) is 29.7 Å². The number of halogens is 2. The Morgan fingerprint density at radius 2 is 1.78 bits per heavy atom. The number of amides is 2. The third-order valence-corrected chi connectivity index (χ3v) is 8.20. The summed E-state index contributed by atoms with van der Waals surface area (Å²) in [6, 6.07) is 11.5. The lowest BCUT2D eigenvalue weighted by atomic mass is 9.97. The van der Waals surface area contributed by atoms with Gasteiger partial charge in [-0.05, 0) is 68.1 Å². The zero-order valence-corrected chi connectivity index (χ0v) is 27.6. The standard InChI is InChI=1S/C33H35ClFN5O4S/c1-32(2,3)30-39-38-28(43-30)23-13-26-27(14-24(23)35)45-18-25(37-31(42)44-33(4,5)6)29(41)40(26)17-21-12-20(15-36-16-21)11-19-7-9-22(34)10-8-19/h7-10,12-16,25H,11,17-18H2,1-6H3,(H,37,42)/t25-/m0/s1. The summed E-state index contributed by atoms with van der Waals surface area (Å²) in [6.45, 7) is 11.1. The van der Waals surface area contributed by atoms with E-state index >= 15 is 4.39 Å². The van der Waals surface area contributed by atoms with Crippen molar-refractivity contribution in [3.63, 3.8) is 0 Å². The zero-order valence-electron chi connectivity index (χ0n) is 26.0. The predicted molar refractivity (Wildman–Crippen MR) is 172 cm³/mol. The van der Waals surface area contributed by atoms with Crippen molar-refractivity contribution in [1.29, 1.82) is 0 Å². The second kappa shape index (κ2) is 12.8. The molecule has 1 aliphatic rings. The fraction of sp³-hybridized carbons (Fsp3) is 0.364. The fourth-order valence-electron chi connectivity index (χ4n) is 4.68. The molecule has 9 nitrogen and oxygen atoms in total. The number of aromatic nitrogens is 3. The Hall–Kier alpha value is -3.96. The first-order valence-corrected chi connectivity index (χ1v) is 15.8. The molecule has 0 fully saturated rings. The van der Waals surface area contributed by atoms with Crippen LogP contribution in [0, 0.1) is 5.82 Å². The third kappa shape index (κ3) is 8.01. The van der Waals surface area contributed by atoms with Gasteiger partial charge in [0.1, 0.15) is 17.5 Å². The van der Waals surface area contributed by atoms with Crippen LogP contribution in [-0.4, -0.2) is 44.6 Å². The highest BCUT2D eigenvalue weighted by Gasteiger charge is 2.35. The number of thioether (sulfide) groups is 1. The average Bonchev–Trinajstić information content (AvgIpc) is 3.42. The summed E-state index contributed by atoms with van der Waals surface area (Å²) in [6.07, 6.45) is 3.36. The van der Waals surface area contributed by atoms with Crippen molar-refractivity contribution < 1.29 is 23.1 Å². The number of hydrogen-bond acceptors (Lipinski definition) is 8. The minimum atomic E-state index is -0.940. The average molecular weight is 652 g/mol. The lowest BCUT2D eigenvalue weighted by molar-refractivity contribution is -0.120. The van der Waals surface area contributed by atoms with Crippen LogP contribution in [0.4, 0.5) is 14.9 Å². The Labute approximate surface area is 270 Å². The van der Waals surface area contributed by atoms with Crippen LogP contribution in [0.1, 0.15) is 64.1 Å². The van der Waals surface area contributed by atoms with Gasteiger partial charge in [-0.3, -0.25) is 9.78 Å². The van der Waals surface area contributed by atoms with Gasteiger partial charge in [-0.15, -0.1) is 22.0 Å². The minimum absolute atomic E-state index is 0.0110. The summed E-state index contributed by atoms with van der Waals surface area (Å²) in [4.78, 5) is 33.4. The molecule has 45 heavy (non-hydrogen) atoms. The molecule has 0 aliphatic carbocycles. The van der Waals surface area contributed by atoms with Gasteiger partial charge >= 0.3 is 6.09 Å². The van der Waals surface area contributed by atoms with Crippen molar-refractivity contribution in [2.45, 2.75) is 76.5 Å². The van der Waals surface area contributed by atoms with E-state index < -0.39 is 29.0 Å². The third-order valence-electron chi connectivity index (χ3n) is 6.81. The van der Waals surface area contributed by atoms with Crippen molar-refractivity contribution in [3.8, 4) is 11.5 Å². The number of pyridine rings is 1. The molecule has 0 bridgehead atoms. The summed E-state index contributed by atoms with van der Waals surface area (Å²) < 4.78 is 26.9. The molecule has 0 radical (unpaired) electrons. The molecule has 5 rings (SSSR count). The number of alkyl carbamates (subject to hydrolysis) is 1. The van der Waals surface area contributed by atoms with E-state index in [0.29, 0.717) is 27.9 Å². The first-order valence-electron chi connectivity index (χ1n) is 14.4. The molecule has 236 valence electrons. The van der Waals surface area contributed by atoms with Crippen LogP contribution < -0.4 is 10.2 Å². The highest BCUT2D eigenvalue weighted by molar-refractivity contribution is 7.99. The molecule has 1 N–H and O–H groups in total. The van der Waals surface area contributed by atoms with Gasteiger partial charge in [-0.1, -0.05) is 50.6 Å². The van der Waals surface area contributed by atoms with Gasteiger partial charge in [0.15, 0.2) is 0 Å². The second-order valence-electron chi connectivity index (χ2n) is 12.9. The summed E-state index contributed by atoms with van der Waals surface area (Å²) in [5, 5.41) is 11.6. The summed E-state index contributed by atoms with van der Waals surface area (Å²) >= 11 is 7.31. The van der Waals surface area contributed by atoms with Gasteiger partial charge in [0.05, 0.1) is 17.8 Å². The van der Waals surface area contributed by atoms with Crippen LogP contribution in [-0.2, 0) is 27.9 Å². The molecule has 0 saturated carbocycles. The number of nitrogens with one attached hydrogen (secondary N) is 1. The number of anilines is 1. The van der Waals surface area contributed by atoms with E-state index in [1.54, 1.807) is 39.2 Å². The molecule has 4 aromatic rings. The zero-order chi connectivity index (χ0) is 32.5. The fourth-order valence-corrected chi connectivity index (χ4v) is 5.88. The topological polar surface area (TPSA) is 110 Å². The lowest BCUT2D eigenvalue weighted by Crippen LogP contribution is -2.50. The highest BCUT2D eigenvalue weighted by Crippen LogP contribution is 2.40. The number of nitrogens with zero attached hydrogens (tertiary/aromatic N) is 4. The maximum atomic E-state index is 15.6. The van der Waals surface area contributed by atoms with E-state index in [9.17, 15) is 9.59 Å². The Morgan fingerprint density at radius 1 is 1.07 bits per heavy atom. The van der Waals surface area contributed by atoms with Crippen molar-refractivity contribution in [3.05, 3.63) is 88.3 Å². The SMILES string of the molecule is CC(C)(C)OC(=O)N[C@H]1CSc2cc(F)c(-c3nnc(C(C)(C)C)o3)cc2N(Cc2cncc(Cc3ccc(Cl)cc3)c2)C1=O. The van der Waals surface area contributed by atoms with Crippen LogP contribution in [0.15, 0.2) is 64.2 Å². The smallest absolute Gasteiger partial charge is 0.408 e. The lowest BCUT2D eigenvalue weighted by Gasteiger charge is -2.27. The highest BCUT2D eigenvalue weighted by atomic mass is 35.5. The molecule has 2 amide bonds. The van der Waals surface area contributed by atoms with Gasteiger partial charge in [-0.2, -0.15) is 0 Å². The van der Waals surface area contributed by atoms with Gasteiger partial charge < -0.3 is 19.4 Å². The van der Waals surface area contributed by atoms with Gasteiger partial charge in [0, 0.05) is 33.5 Å². The Balaban J connectivity index is 1.52. The molecule has 0 spiro atoms. The Morgan fingerprint density at radius 3 is 2.44 bits per heavy atom. The maximum Gasteiger partial charge on any atom is 0.408 e. The number of hydrogen-bond donors (Lipinski definition) is 1.